The van der Waals surface area contributed by atoms with Crippen LogP contribution in [0, 0.1) is 12.7 Å². The maximum Gasteiger partial charge on any atom is 0.130 e. The lowest BCUT2D eigenvalue weighted by molar-refractivity contribution is 0.476. The monoisotopic (exact) mass is 351 g/mol. The number of hydrogen-bond donors (Lipinski definition) is 1. The Hall–Kier alpha value is -1.39. The third-order valence-corrected chi connectivity index (χ3v) is 4.13. The zero-order valence-electron chi connectivity index (χ0n) is 12.2. The molecule has 0 radical (unpaired) electrons. The largest absolute Gasteiger partial charge is 0.457 e. The van der Waals surface area contributed by atoms with Crippen LogP contribution >= 0.6 is 15.9 Å². The molecule has 21 heavy (non-hydrogen) atoms. The number of ether oxygens (including phenoxy) is 1. The van der Waals surface area contributed by atoms with E-state index in [1.807, 2.05) is 25.1 Å². The minimum Gasteiger partial charge on any atom is -0.457 e. The fourth-order valence-electron chi connectivity index (χ4n) is 2.04. The highest BCUT2D eigenvalue weighted by Crippen LogP contribution is 2.29. The molecule has 1 unspecified atom stereocenters. The van der Waals surface area contributed by atoms with E-state index in [1.54, 1.807) is 6.07 Å². The summed E-state index contributed by atoms with van der Waals surface area (Å²) in [6.07, 6.45) is 1.77. The van der Waals surface area contributed by atoms with E-state index in [4.69, 9.17) is 10.5 Å². The van der Waals surface area contributed by atoms with Gasteiger partial charge in [-0.15, -0.1) is 0 Å². The van der Waals surface area contributed by atoms with Gasteiger partial charge in [-0.2, -0.15) is 0 Å². The van der Waals surface area contributed by atoms with Crippen LogP contribution in [-0.2, 0) is 6.42 Å². The molecule has 2 aromatic carbocycles. The number of hydrogen-bond acceptors (Lipinski definition) is 2. The number of rotatable bonds is 5. The summed E-state index contributed by atoms with van der Waals surface area (Å²) < 4.78 is 19.9. The summed E-state index contributed by atoms with van der Waals surface area (Å²) in [5.41, 5.74) is 7.91. The first-order chi connectivity index (χ1) is 9.99. The summed E-state index contributed by atoms with van der Waals surface area (Å²) in [7, 11) is 0. The fourth-order valence-corrected chi connectivity index (χ4v) is 2.56. The average Bonchev–Trinajstić information content (AvgIpc) is 2.44. The Morgan fingerprint density at radius 1 is 1.24 bits per heavy atom. The van der Waals surface area contributed by atoms with Gasteiger partial charge in [0, 0.05) is 10.5 Å². The molecule has 112 valence electrons. The Bertz CT molecular complexity index is 630. The molecule has 2 N–H and O–H groups in total. The lowest BCUT2D eigenvalue weighted by Gasteiger charge is -2.13. The van der Waals surface area contributed by atoms with Gasteiger partial charge in [-0.25, -0.2) is 4.39 Å². The van der Waals surface area contributed by atoms with E-state index in [1.165, 1.54) is 12.1 Å². The molecule has 0 aliphatic carbocycles. The number of halogens is 2. The second kappa shape index (κ2) is 7.05. The highest BCUT2D eigenvalue weighted by atomic mass is 79.9. The van der Waals surface area contributed by atoms with Gasteiger partial charge < -0.3 is 10.5 Å². The summed E-state index contributed by atoms with van der Waals surface area (Å²) in [5, 5.41) is 0. The van der Waals surface area contributed by atoms with Crippen molar-refractivity contribution < 1.29 is 9.13 Å². The summed E-state index contributed by atoms with van der Waals surface area (Å²) in [6.45, 7) is 3.90. The van der Waals surface area contributed by atoms with E-state index < -0.39 is 0 Å². The van der Waals surface area contributed by atoms with Crippen molar-refractivity contribution in [2.75, 3.05) is 0 Å². The zero-order valence-corrected chi connectivity index (χ0v) is 13.8. The van der Waals surface area contributed by atoms with Crippen LogP contribution in [0.25, 0.3) is 0 Å². The second-order valence-electron chi connectivity index (χ2n) is 5.14. The molecule has 4 heteroatoms. The van der Waals surface area contributed by atoms with E-state index in [0.717, 1.165) is 28.4 Å². The Kier molecular flexibility index (Phi) is 5.37. The Morgan fingerprint density at radius 2 is 2.00 bits per heavy atom. The molecule has 2 rings (SSSR count). The van der Waals surface area contributed by atoms with Gasteiger partial charge in [0.05, 0.1) is 0 Å². The summed E-state index contributed by atoms with van der Waals surface area (Å²) in [5.74, 6) is 1.11. The van der Waals surface area contributed by atoms with E-state index in [0.29, 0.717) is 11.5 Å². The predicted molar refractivity (Wildman–Crippen MR) is 87.3 cm³/mol. The molecule has 0 aliphatic rings. The molecule has 1 atom stereocenters. The third kappa shape index (κ3) is 4.29. The van der Waals surface area contributed by atoms with Gasteiger partial charge in [0.1, 0.15) is 17.3 Å². The molecule has 0 saturated carbocycles. The minimum atomic E-state index is -0.259. The van der Waals surface area contributed by atoms with Gasteiger partial charge in [-0.1, -0.05) is 28.9 Å². The zero-order chi connectivity index (χ0) is 15.4. The molecule has 0 bridgehead atoms. The quantitative estimate of drug-likeness (QED) is 0.825. The Labute approximate surface area is 133 Å². The van der Waals surface area contributed by atoms with Crippen molar-refractivity contribution in [1.82, 2.24) is 0 Å². The predicted octanol–water partition coefficient (Wildman–Crippen LogP) is 4.97. The molecule has 0 saturated heterocycles. The number of benzene rings is 2. The molecule has 2 aromatic rings. The van der Waals surface area contributed by atoms with Crippen molar-refractivity contribution >= 4 is 15.9 Å². The fraction of sp³-hybridized carbons (Fsp3) is 0.294. The highest BCUT2D eigenvalue weighted by Gasteiger charge is 2.08. The second-order valence-corrected chi connectivity index (χ2v) is 5.99. The molecular weight excluding hydrogens is 333 g/mol. The van der Waals surface area contributed by atoms with Gasteiger partial charge in [0.25, 0.3) is 0 Å². The van der Waals surface area contributed by atoms with Crippen LogP contribution in [0.3, 0.4) is 0 Å². The minimum absolute atomic E-state index is 0.160. The van der Waals surface area contributed by atoms with Crippen molar-refractivity contribution in [1.29, 1.82) is 0 Å². The summed E-state index contributed by atoms with van der Waals surface area (Å²) in [6, 6.07) is 10.5. The first kappa shape index (κ1) is 16.0. The van der Waals surface area contributed by atoms with Gasteiger partial charge in [-0.05, 0) is 61.2 Å². The van der Waals surface area contributed by atoms with E-state index in [2.05, 4.69) is 22.9 Å². The van der Waals surface area contributed by atoms with Crippen molar-refractivity contribution in [3.05, 3.63) is 57.8 Å². The molecular formula is C17H19BrFNO. The van der Waals surface area contributed by atoms with E-state index in [-0.39, 0.29) is 11.9 Å². The summed E-state index contributed by atoms with van der Waals surface area (Å²) >= 11 is 3.55. The van der Waals surface area contributed by atoms with Gasteiger partial charge in [0.2, 0.25) is 0 Å². The topological polar surface area (TPSA) is 35.2 Å². The standard InChI is InChI=1S/C17H19BrFNO/c1-3-14(20)9-12-4-6-15(10-16(12)18)21-17-7-5-13(19)8-11(17)2/h4-8,10,14H,3,9,20H2,1-2H3. The van der Waals surface area contributed by atoms with Crippen LogP contribution in [-0.4, -0.2) is 6.04 Å². The maximum atomic E-state index is 13.1. The summed E-state index contributed by atoms with van der Waals surface area (Å²) in [4.78, 5) is 0. The molecule has 2 nitrogen and oxygen atoms in total. The van der Waals surface area contributed by atoms with Gasteiger partial charge >= 0.3 is 0 Å². The van der Waals surface area contributed by atoms with Crippen molar-refractivity contribution in [2.45, 2.75) is 32.7 Å². The maximum absolute atomic E-state index is 13.1. The molecule has 0 aromatic heterocycles. The highest BCUT2D eigenvalue weighted by molar-refractivity contribution is 9.10. The smallest absolute Gasteiger partial charge is 0.130 e. The van der Waals surface area contributed by atoms with Crippen molar-refractivity contribution in [2.24, 2.45) is 5.73 Å². The molecule has 0 aliphatic heterocycles. The van der Waals surface area contributed by atoms with Gasteiger partial charge in [-0.3, -0.25) is 0 Å². The first-order valence-corrected chi connectivity index (χ1v) is 7.77. The molecule has 0 heterocycles. The van der Waals surface area contributed by atoms with Gasteiger partial charge in [0.15, 0.2) is 0 Å². The van der Waals surface area contributed by atoms with E-state index >= 15 is 0 Å². The lowest BCUT2D eigenvalue weighted by Crippen LogP contribution is -2.21. The van der Waals surface area contributed by atoms with Crippen LogP contribution in [0.2, 0.25) is 0 Å². The van der Waals surface area contributed by atoms with Crippen LogP contribution in [0.1, 0.15) is 24.5 Å². The normalized spacial score (nSPS) is 12.2. The lowest BCUT2D eigenvalue weighted by atomic mass is 10.0. The average molecular weight is 352 g/mol. The van der Waals surface area contributed by atoms with Crippen molar-refractivity contribution in [3.8, 4) is 11.5 Å². The Morgan fingerprint density at radius 3 is 2.62 bits per heavy atom. The molecule has 0 spiro atoms. The molecule has 0 amide bonds. The van der Waals surface area contributed by atoms with Crippen LogP contribution in [0.4, 0.5) is 4.39 Å². The number of aryl methyl sites for hydroxylation is 1. The Balaban J connectivity index is 2.16. The van der Waals surface area contributed by atoms with Crippen LogP contribution in [0.5, 0.6) is 11.5 Å². The molecule has 0 fully saturated rings. The first-order valence-electron chi connectivity index (χ1n) is 6.97. The van der Waals surface area contributed by atoms with E-state index in [9.17, 15) is 4.39 Å². The van der Waals surface area contributed by atoms with Crippen LogP contribution < -0.4 is 10.5 Å². The SMILES string of the molecule is CCC(N)Cc1ccc(Oc2ccc(F)cc2C)cc1Br. The van der Waals surface area contributed by atoms with Crippen molar-refractivity contribution in [3.63, 3.8) is 0 Å². The number of nitrogens with two attached hydrogens (primary N) is 1. The third-order valence-electron chi connectivity index (χ3n) is 3.40. The van der Waals surface area contributed by atoms with Crippen LogP contribution in [0.15, 0.2) is 40.9 Å².